The summed E-state index contributed by atoms with van der Waals surface area (Å²) >= 11 is 5.99. The maximum Gasteiger partial charge on any atom is 0.148 e. The molecule has 0 aliphatic heterocycles. The SMILES string of the molecule is CCCC(CCC)c1nnc(CCl)n1C(C)(C)C. The number of hydrogen-bond donors (Lipinski definition) is 0. The lowest BCUT2D eigenvalue weighted by Crippen LogP contribution is -2.27. The van der Waals surface area contributed by atoms with Gasteiger partial charge >= 0.3 is 0 Å². The number of rotatable bonds is 6. The Bertz CT molecular complexity index is 360. The van der Waals surface area contributed by atoms with E-state index < -0.39 is 0 Å². The number of aromatic nitrogens is 3. The van der Waals surface area contributed by atoms with Crippen LogP contribution in [0.1, 0.15) is 77.9 Å². The van der Waals surface area contributed by atoms with Gasteiger partial charge < -0.3 is 4.57 Å². The maximum absolute atomic E-state index is 5.99. The Morgan fingerprint density at radius 2 is 1.67 bits per heavy atom. The first-order valence-corrected chi connectivity index (χ1v) is 7.49. The normalized spacial score (nSPS) is 12.4. The lowest BCUT2D eigenvalue weighted by Gasteiger charge is -2.27. The van der Waals surface area contributed by atoms with Crippen LogP contribution in [0.2, 0.25) is 0 Å². The van der Waals surface area contributed by atoms with Crippen molar-refractivity contribution in [2.75, 3.05) is 0 Å². The average Bonchev–Trinajstić information content (AvgIpc) is 2.72. The van der Waals surface area contributed by atoms with E-state index in [2.05, 4.69) is 49.4 Å². The van der Waals surface area contributed by atoms with Gasteiger partial charge in [-0.15, -0.1) is 21.8 Å². The molecule has 104 valence electrons. The van der Waals surface area contributed by atoms with Crippen molar-refractivity contribution in [2.45, 2.75) is 77.6 Å². The first-order chi connectivity index (χ1) is 8.45. The molecule has 0 amide bonds. The molecule has 18 heavy (non-hydrogen) atoms. The fourth-order valence-electron chi connectivity index (χ4n) is 2.51. The highest BCUT2D eigenvalue weighted by Crippen LogP contribution is 2.30. The van der Waals surface area contributed by atoms with E-state index in [-0.39, 0.29) is 5.54 Å². The van der Waals surface area contributed by atoms with Crippen LogP contribution < -0.4 is 0 Å². The zero-order valence-electron chi connectivity index (χ0n) is 12.3. The fourth-order valence-corrected chi connectivity index (χ4v) is 2.68. The lowest BCUT2D eigenvalue weighted by molar-refractivity contribution is 0.354. The zero-order valence-corrected chi connectivity index (χ0v) is 13.1. The summed E-state index contributed by atoms with van der Waals surface area (Å²) in [4.78, 5) is 0. The van der Waals surface area contributed by atoms with Crippen molar-refractivity contribution in [1.82, 2.24) is 14.8 Å². The van der Waals surface area contributed by atoms with Gasteiger partial charge in [-0.1, -0.05) is 26.7 Å². The third-order valence-electron chi connectivity index (χ3n) is 3.18. The van der Waals surface area contributed by atoms with Crippen LogP contribution in [0.15, 0.2) is 0 Å². The van der Waals surface area contributed by atoms with Gasteiger partial charge in [0.25, 0.3) is 0 Å². The van der Waals surface area contributed by atoms with Gasteiger partial charge in [0.05, 0.1) is 5.88 Å². The molecule has 0 aliphatic rings. The van der Waals surface area contributed by atoms with Crippen LogP contribution in [0, 0.1) is 0 Å². The predicted octanol–water partition coefficient (Wildman–Crippen LogP) is 4.46. The molecule has 1 aromatic rings. The van der Waals surface area contributed by atoms with Gasteiger partial charge in [0.15, 0.2) is 0 Å². The molecule has 4 heteroatoms. The molecule has 1 aromatic heterocycles. The second-order valence-electron chi connectivity index (χ2n) is 5.89. The Morgan fingerprint density at radius 3 is 2.06 bits per heavy atom. The summed E-state index contributed by atoms with van der Waals surface area (Å²) in [6.07, 6.45) is 4.70. The van der Waals surface area contributed by atoms with Gasteiger partial charge in [-0.3, -0.25) is 0 Å². The molecule has 0 aromatic carbocycles. The molecule has 0 radical (unpaired) electrons. The minimum absolute atomic E-state index is 0.0111. The quantitative estimate of drug-likeness (QED) is 0.716. The smallest absolute Gasteiger partial charge is 0.148 e. The van der Waals surface area contributed by atoms with Crippen LogP contribution in [0.5, 0.6) is 0 Å². The van der Waals surface area contributed by atoms with E-state index >= 15 is 0 Å². The van der Waals surface area contributed by atoms with Crippen molar-refractivity contribution in [1.29, 1.82) is 0 Å². The van der Waals surface area contributed by atoms with Crippen LogP contribution in [-0.4, -0.2) is 14.8 Å². The minimum atomic E-state index is -0.0111. The maximum atomic E-state index is 5.99. The summed E-state index contributed by atoms with van der Waals surface area (Å²) in [6, 6.07) is 0. The molecule has 3 nitrogen and oxygen atoms in total. The number of hydrogen-bond acceptors (Lipinski definition) is 2. The topological polar surface area (TPSA) is 30.7 Å². The van der Waals surface area contributed by atoms with Crippen LogP contribution in [-0.2, 0) is 11.4 Å². The van der Waals surface area contributed by atoms with E-state index in [0.29, 0.717) is 11.8 Å². The Kier molecular flexibility index (Phi) is 5.64. The van der Waals surface area contributed by atoms with Crippen LogP contribution >= 0.6 is 11.6 Å². The first-order valence-electron chi connectivity index (χ1n) is 6.96. The Morgan fingerprint density at radius 1 is 1.11 bits per heavy atom. The number of halogens is 1. The molecule has 0 saturated heterocycles. The van der Waals surface area contributed by atoms with E-state index in [1.165, 1.54) is 25.7 Å². The third-order valence-corrected chi connectivity index (χ3v) is 3.42. The highest BCUT2D eigenvalue weighted by Gasteiger charge is 2.26. The zero-order chi connectivity index (χ0) is 13.8. The van der Waals surface area contributed by atoms with E-state index in [1.807, 2.05) is 0 Å². The Balaban J connectivity index is 3.17. The van der Waals surface area contributed by atoms with E-state index in [9.17, 15) is 0 Å². The number of nitrogens with zero attached hydrogens (tertiary/aromatic N) is 3. The molecule has 0 bridgehead atoms. The fraction of sp³-hybridized carbons (Fsp3) is 0.857. The van der Waals surface area contributed by atoms with Gasteiger partial charge in [0.2, 0.25) is 0 Å². The Hall–Kier alpha value is -0.570. The van der Waals surface area contributed by atoms with Gasteiger partial charge in [0, 0.05) is 11.5 Å². The second-order valence-corrected chi connectivity index (χ2v) is 6.16. The largest absolute Gasteiger partial charge is 0.308 e. The Labute approximate surface area is 116 Å². The van der Waals surface area contributed by atoms with Crippen molar-refractivity contribution in [3.8, 4) is 0 Å². The monoisotopic (exact) mass is 271 g/mol. The summed E-state index contributed by atoms with van der Waals surface area (Å²) in [5.41, 5.74) is -0.0111. The first kappa shape index (κ1) is 15.5. The molecule has 0 atom stereocenters. The van der Waals surface area contributed by atoms with Crippen molar-refractivity contribution >= 4 is 11.6 Å². The van der Waals surface area contributed by atoms with Gasteiger partial charge in [-0.2, -0.15) is 0 Å². The molecule has 0 spiro atoms. The summed E-state index contributed by atoms with van der Waals surface area (Å²) in [5, 5.41) is 8.69. The standard InChI is InChI=1S/C14H26ClN3/c1-6-8-11(9-7-2)13-17-16-12(10-15)18(13)14(3,4)5/h11H,6-10H2,1-5H3. The number of alkyl halides is 1. The van der Waals surface area contributed by atoms with Crippen LogP contribution in [0.3, 0.4) is 0 Å². The summed E-state index contributed by atoms with van der Waals surface area (Å²) < 4.78 is 2.23. The summed E-state index contributed by atoms with van der Waals surface area (Å²) in [7, 11) is 0. The molecule has 0 fully saturated rings. The van der Waals surface area contributed by atoms with Crippen LogP contribution in [0.25, 0.3) is 0 Å². The molecular weight excluding hydrogens is 246 g/mol. The average molecular weight is 272 g/mol. The van der Waals surface area contributed by atoms with Crippen molar-refractivity contribution in [3.63, 3.8) is 0 Å². The van der Waals surface area contributed by atoms with E-state index in [4.69, 9.17) is 11.6 Å². The minimum Gasteiger partial charge on any atom is -0.308 e. The van der Waals surface area contributed by atoms with Crippen LogP contribution in [0.4, 0.5) is 0 Å². The van der Waals surface area contributed by atoms with Crippen molar-refractivity contribution in [3.05, 3.63) is 11.6 Å². The molecule has 0 saturated carbocycles. The predicted molar refractivity (Wildman–Crippen MR) is 77.1 cm³/mol. The van der Waals surface area contributed by atoms with E-state index in [0.717, 1.165) is 11.6 Å². The van der Waals surface area contributed by atoms with Crippen molar-refractivity contribution in [2.24, 2.45) is 0 Å². The van der Waals surface area contributed by atoms with Crippen molar-refractivity contribution < 1.29 is 0 Å². The molecule has 1 heterocycles. The van der Waals surface area contributed by atoms with E-state index in [1.54, 1.807) is 0 Å². The lowest BCUT2D eigenvalue weighted by atomic mass is 9.96. The second kappa shape index (κ2) is 6.55. The van der Waals surface area contributed by atoms with Gasteiger partial charge in [-0.25, -0.2) is 0 Å². The molecule has 1 rings (SSSR count). The molecule has 0 unspecified atom stereocenters. The van der Waals surface area contributed by atoms with Gasteiger partial charge in [0.1, 0.15) is 11.6 Å². The highest BCUT2D eigenvalue weighted by molar-refractivity contribution is 6.16. The molecule has 0 aliphatic carbocycles. The molecule has 0 N–H and O–H groups in total. The summed E-state index contributed by atoms with van der Waals surface area (Å²) in [6.45, 7) is 11.0. The highest BCUT2D eigenvalue weighted by atomic mass is 35.5. The van der Waals surface area contributed by atoms with Gasteiger partial charge in [-0.05, 0) is 33.6 Å². The molecular formula is C14H26ClN3. The third kappa shape index (κ3) is 3.47. The summed E-state index contributed by atoms with van der Waals surface area (Å²) in [5.74, 6) is 2.93.